The van der Waals surface area contributed by atoms with Crippen LogP contribution in [-0.4, -0.2) is 109 Å². The molecular weight excluding hydrogens is 494 g/mol. The summed E-state index contributed by atoms with van der Waals surface area (Å²) in [5.74, 6) is 2.63. The molecule has 39 heavy (non-hydrogen) atoms. The van der Waals surface area contributed by atoms with Crippen LogP contribution >= 0.6 is 0 Å². The number of ether oxygens (including phenoxy) is 3. The fraction of sp³-hybridized carbons (Fsp3) is 0.774. The minimum Gasteiger partial charge on any atom is -0.493 e. The van der Waals surface area contributed by atoms with Crippen molar-refractivity contribution < 1.29 is 24.1 Å². The van der Waals surface area contributed by atoms with Crippen LogP contribution < -0.4 is 9.47 Å². The van der Waals surface area contributed by atoms with Crippen LogP contribution in [0.4, 0.5) is 0 Å². The molecule has 2 spiro atoms. The molecule has 0 unspecified atom stereocenters. The first kappa shape index (κ1) is 24.9. The normalized spacial score (nSPS) is 39.1. The molecule has 0 radical (unpaired) electrons. The van der Waals surface area contributed by atoms with E-state index in [1.54, 1.807) is 7.11 Å². The van der Waals surface area contributed by atoms with Gasteiger partial charge in [0, 0.05) is 50.7 Å². The smallest absolute Gasteiger partial charge is 0.224 e. The lowest BCUT2D eigenvalue weighted by molar-refractivity contribution is -0.217. The zero-order valence-electron chi connectivity index (χ0n) is 23.3. The zero-order chi connectivity index (χ0) is 26.4. The molecule has 212 valence electrons. The van der Waals surface area contributed by atoms with Gasteiger partial charge in [-0.1, -0.05) is 6.07 Å². The predicted octanol–water partition coefficient (Wildman–Crippen LogP) is 2.34. The Morgan fingerprint density at radius 1 is 1.10 bits per heavy atom. The van der Waals surface area contributed by atoms with E-state index in [-0.39, 0.29) is 23.6 Å². The number of hydrogen-bond donors (Lipinski definition) is 1. The van der Waals surface area contributed by atoms with E-state index in [4.69, 9.17) is 14.2 Å². The number of rotatable bonds is 6. The van der Waals surface area contributed by atoms with Crippen molar-refractivity contribution in [1.82, 2.24) is 14.7 Å². The van der Waals surface area contributed by atoms with Crippen molar-refractivity contribution in [3.63, 3.8) is 0 Å². The lowest BCUT2D eigenvalue weighted by Crippen LogP contribution is -2.80. The van der Waals surface area contributed by atoms with Gasteiger partial charge in [-0.3, -0.25) is 14.6 Å². The van der Waals surface area contributed by atoms with Gasteiger partial charge in [-0.2, -0.15) is 0 Å². The number of hydrogen-bond acceptors (Lipinski definition) is 7. The summed E-state index contributed by atoms with van der Waals surface area (Å²) >= 11 is 0. The highest BCUT2D eigenvalue weighted by molar-refractivity contribution is 5.78. The van der Waals surface area contributed by atoms with Gasteiger partial charge in [-0.15, -0.1) is 0 Å². The maximum atomic E-state index is 14.0. The Morgan fingerprint density at radius 3 is 2.74 bits per heavy atom. The first-order valence-corrected chi connectivity index (χ1v) is 15.4. The van der Waals surface area contributed by atoms with E-state index in [0.29, 0.717) is 6.42 Å². The highest BCUT2D eigenvalue weighted by Crippen LogP contribution is 2.69. The lowest BCUT2D eigenvalue weighted by atomic mass is 9.45. The number of nitrogens with zero attached hydrogens (tertiary/aromatic N) is 3. The monoisotopic (exact) mass is 537 g/mol. The molecule has 4 heterocycles. The predicted molar refractivity (Wildman–Crippen MR) is 145 cm³/mol. The van der Waals surface area contributed by atoms with Gasteiger partial charge in [0.15, 0.2) is 11.5 Å². The van der Waals surface area contributed by atoms with Crippen molar-refractivity contribution in [2.75, 3.05) is 59.6 Å². The SMILES string of the molecule is COc1ccc2c3c1O[C@H]1[C@@]4(CCCN4C(=O)CCN4CCOCC4)CC[C@@]4(O)[C@@H](C2)N(CC2CC2)CC[C@]314. The van der Waals surface area contributed by atoms with Crippen molar-refractivity contribution in [3.8, 4) is 11.5 Å². The molecule has 8 heteroatoms. The Labute approximate surface area is 231 Å². The average molecular weight is 538 g/mol. The Balaban J connectivity index is 1.18. The van der Waals surface area contributed by atoms with E-state index < -0.39 is 11.0 Å². The standard InChI is InChI=1S/C31H43N3O5/c1-37-23-6-5-22-19-24-31(36)10-9-29(8-2-12-34(29)25(35)7-13-32-15-17-38-18-16-32)28-30(31,26(22)27(23)39-28)11-14-33(24)20-21-3-4-21/h5-6,21,24,28,36H,2-4,7-20H2,1H3/t24-,28+,29-,30+,31-/m1/s1. The van der Waals surface area contributed by atoms with Crippen molar-refractivity contribution in [3.05, 3.63) is 23.3 Å². The molecule has 2 bridgehead atoms. The summed E-state index contributed by atoms with van der Waals surface area (Å²) in [4.78, 5) is 21.1. The number of aliphatic hydroxyl groups is 1. The quantitative estimate of drug-likeness (QED) is 0.597. The second-order valence-electron chi connectivity index (χ2n) is 13.4. The number of carbonyl (C=O) groups excluding carboxylic acids is 1. The summed E-state index contributed by atoms with van der Waals surface area (Å²) in [6.45, 7) is 6.96. The minimum atomic E-state index is -0.855. The van der Waals surface area contributed by atoms with Gasteiger partial charge in [0.25, 0.3) is 0 Å². The van der Waals surface area contributed by atoms with E-state index in [9.17, 15) is 9.90 Å². The lowest BCUT2D eigenvalue weighted by Gasteiger charge is -2.67. The number of piperidine rings is 1. The third-order valence-electron chi connectivity index (χ3n) is 11.7. The Bertz CT molecular complexity index is 1170. The molecule has 1 amide bonds. The van der Waals surface area contributed by atoms with Crippen LogP contribution in [0.2, 0.25) is 0 Å². The van der Waals surface area contributed by atoms with E-state index >= 15 is 0 Å². The molecule has 1 N–H and O–H groups in total. The third kappa shape index (κ3) is 3.35. The molecular formula is C31H43N3O5. The molecule has 1 aromatic rings. The Morgan fingerprint density at radius 2 is 1.95 bits per heavy atom. The van der Waals surface area contributed by atoms with E-state index in [0.717, 1.165) is 108 Å². The van der Waals surface area contributed by atoms with Crippen molar-refractivity contribution in [1.29, 1.82) is 0 Å². The number of methoxy groups -OCH3 is 1. The maximum absolute atomic E-state index is 14.0. The van der Waals surface area contributed by atoms with Crippen LogP contribution in [-0.2, 0) is 21.4 Å². The molecule has 3 aliphatic carbocycles. The van der Waals surface area contributed by atoms with Gasteiger partial charge < -0.3 is 24.2 Å². The molecule has 1 aromatic carbocycles. The van der Waals surface area contributed by atoms with Crippen molar-refractivity contribution >= 4 is 5.91 Å². The molecule has 8 nitrogen and oxygen atoms in total. The Hall–Kier alpha value is -1.87. The fourth-order valence-corrected chi connectivity index (χ4v) is 9.75. The van der Waals surface area contributed by atoms with E-state index in [2.05, 4.69) is 26.8 Å². The second kappa shape index (κ2) is 8.81. The largest absolute Gasteiger partial charge is 0.493 e. The molecule has 3 saturated heterocycles. The van der Waals surface area contributed by atoms with Gasteiger partial charge in [-0.05, 0) is 75.5 Å². The first-order chi connectivity index (χ1) is 19.0. The van der Waals surface area contributed by atoms with Gasteiger partial charge in [-0.25, -0.2) is 0 Å². The van der Waals surface area contributed by atoms with Gasteiger partial charge >= 0.3 is 0 Å². The molecule has 8 rings (SSSR count). The van der Waals surface area contributed by atoms with Crippen LogP contribution in [0, 0.1) is 5.92 Å². The summed E-state index contributed by atoms with van der Waals surface area (Å²) in [6.07, 6.45) is 8.14. The average Bonchev–Trinajstić information content (AvgIpc) is 3.55. The number of carbonyl (C=O) groups is 1. The molecule has 2 saturated carbocycles. The van der Waals surface area contributed by atoms with Crippen LogP contribution in [0.3, 0.4) is 0 Å². The summed E-state index contributed by atoms with van der Waals surface area (Å²) in [5, 5.41) is 12.9. The highest BCUT2D eigenvalue weighted by atomic mass is 16.5. The molecule has 0 aromatic heterocycles. The van der Waals surface area contributed by atoms with Gasteiger partial charge in [0.05, 0.1) is 36.9 Å². The third-order valence-corrected chi connectivity index (χ3v) is 11.7. The first-order valence-electron chi connectivity index (χ1n) is 15.4. The van der Waals surface area contributed by atoms with Crippen LogP contribution in [0.25, 0.3) is 0 Å². The number of morpholine rings is 1. The number of fused-ring (bicyclic) bond motifs is 1. The molecule has 5 atom stereocenters. The topological polar surface area (TPSA) is 74.7 Å². The minimum absolute atomic E-state index is 0.106. The molecule has 7 aliphatic rings. The van der Waals surface area contributed by atoms with E-state index in [1.807, 2.05) is 0 Å². The Kier molecular flexibility index (Phi) is 5.62. The molecule has 4 aliphatic heterocycles. The summed E-state index contributed by atoms with van der Waals surface area (Å²) in [7, 11) is 1.71. The number of amides is 1. The van der Waals surface area contributed by atoms with Crippen LogP contribution in [0.15, 0.2) is 12.1 Å². The number of likely N-dealkylation sites (tertiary alicyclic amines) is 2. The summed E-state index contributed by atoms with van der Waals surface area (Å²) in [6, 6.07) is 4.38. The highest BCUT2D eigenvalue weighted by Gasteiger charge is 2.77. The number of benzene rings is 1. The van der Waals surface area contributed by atoms with Crippen LogP contribution in [0.1, 0.15) is 62.5 Å². The summed E-state index contributed by atoms with van der Waals surface area (Å²) in [5.41, 5.74) is 0.773. The second-order valence-corrected chi connectivity index (χ2v) is 13.4. The van der Waals surface area contributed by atoms with E-state index in [1.165, 1.54) is 24.0 Å². The van der Waals surface area contributed by atoms with Crippen molar-refractivity contribution in [2.45, 2.75) is 86.5 Å². The molecule has 5 fully saturated rings. The zero-order valence-corrected chi connectivity index (χ0v) is 23.3. The van der Waals surface area contributed by atoms with Crippen molar-refractivity contribution in [2.24, 2.45) is 5.92 Å². The maximum Gasteiger partial charge on any atom is 0.224 e. The van der Waals surface area contributed by atoms with Crippen LogP contribution in [0.5, 0.6) is 11.5 Å². The summed E-state index contributed by atoms with van der Waals surface area (Å²) < 4.78 is 18.4. The van der Waals surface area contributed by atoms with Gasteiger partial charge in [0.2, 0.25) is 5.91 Å². The van der Waals surface area contributed by atoms with Gasteiger partial charge in [0.1, 0.15) is 6.10 Å². The fourth-order valence-electron chi connectivity index (χ4n) is 9.75.